The molecular formula is C12H16ClNO4S. The Balaban J connectivity index is 2.76. The third-order valence-corrected chi connectivity index (χ3v) is 3.35. The number of carbonyl (C=O) groups excluding carboxylic acids is 1. The zero-order chi connectivity index (χ0) is 14.6. The van der Waals surface area contributed by atoms with E-state index in [0.29, 0.717) is 9.21 Å². The number of aliphatic carboxylic acids is 1. The Labute approximate surface area is 120 Å². The third kappa shape index (κ3) is 5.94. The van der Waals surface area contributed by atoms with E-state index in [2.05, 4.69) is 5.32 Å². The van der Waals surface area contributed by atoms with Crippen LogP contribution in [0.1, 0.15) is 38.1 Å². The summed E-state index contributed by atoms with van der Waals surface area (Å²) in [6.45, 7) is 5.21. The number of halogens is 1. The van der Waals surface area contributed by atoms with Gasteiger partial charge in [0.25, 0.3) is 0 Å². The summed E-state index contributed by atoms with van der Waals surface area (Å²) >= 11 is 7.04. The number of thiophene rings is 1. The van der Waals surface area contributed by atoms with Gasteiger partial charge >= 0.3 is 12.1 Å². The van der Waals surface area contributed by atoms with Crippen molar-refractivity contribution in [2.24, 2.45) is 0 Å². The molecule has 0 aliphatic heterocycles. The minimum Gasteiger partial charge on any atom is -0.481 e. The van der Waals surface area contributed by atoms with Crippen molar-refractivity contribution < 1.29 is 19.4 Å². The molecule has 1 aromatic heterocycles. The van der Waals surface area contributed by atoms with Gasteiger partial charge in [-0.05, 0) is 32.9 Å². The molecule has 0 spiro atoms. The molecule has 0 fully saturated rings. The van der Waals surface area contributed by atoms with Gasteiger partial charge in [0.1, 0.15) is 5.60 Å². The largest absolute Gasteiger partial charge is 0.481 e. The van der Waals surface area contributed by atoms with Crippen molar-refractivity contribution in [1.29, 1.82) is 0 Å². The van der Waals surface area contributed by atoms with Crippen molar-refractivity contribution in [2.45, 2.75) is 38.8 Å². The monoisotopic (exact) mass is 305 g/mol. The molecule has 0 aliphatic rings. The molecule has 1 unspecified atom stereocenters. The predicted octanol–water partition coefficient (Wildman–Crippen LogP) is 3.44. The number of hydrogen-bond donors (Lipinski definition) is 2. The molecule has 2 N–H and O–H groups in total. The molecule has 0 aliphatic carbocycles. The molecule has 0 bridgehead atoms. The Morgan fingerprint density at radius 2 is 2.11 bits per heavy atom. The maximum absolute atomic E-state index is 11.7. The number of ether oxygens (including phenoxy) is 1. The highest BCUT2D eigenvalue weighted by Crippen LogP contribution is 2.29. The number of nitrogens with one attached hydrogen (secondary N) is 1. The maximum Gasteiger partial charge on any atom is 0.408 e. The van der Waals surface area contributed by atoms with Crippen molar-refractivity contribution in [3.8, 4) is 0 Å². The first-order valence-corrected chi connectivity index (χ1v) is 6.83. The Bertz CT molecular complexity index is 467. The first kappa shape index (κ1) is 15.8. The fourth-order valence-corrected chi connectivity index (χ4v) is 2.47. The molecule has 5 nitrogen and oxygen atoms in total. The SMILES string of the molecule is CC(C)(C)OC(=O)NC(CC(=O)O)c1ccc(Cl)s1. The van der Waals surface area contributed by atoms with E-state index in [1.807, 2.05) is 0 Å². The van der Waals surface area contributed by atoms with E-state index in [4.69, 9.17) is 21.4 Å². The van der Waals surface area contributed by atoms with E-state index < -0.39 is 23.7 Å². The van der Waals surface area contributed by atoms with Crippen LogP contribution >= 0.6 is 22.9 Å². The van der Waals surface area contributed by atoms with Crippen LogP contribution in [0.3, 0.4) is 0 Å². The summed E-state index contributed by atoms with van der Waals surface area (Å²) < 4.78 is 5.65. The highest BCUT2D eigenvalue weighted by Gasteiger charge is 2.23. The van der Waals surface area contributed by atoms with Gasteiger partial charge in [-0.15, -0.1) is 11.3 Å². The fourth-order valence-electron chi connectivity index (χ4n) is 1.36. The van der Waals surface area contributed by atoms with Gasteiger partial charge < -0.3 is 15.2 Å². The molecule has 1 aromatic rings. The van der Waals surface area contributed by atoms with Gasteiger partial charge in [0.2, 0.25) is 0 Å². The lowest BCUT2D eigenvalue weighted by molar-refractivity contribution is -0.137. The summed E-state index contributed by atoms with van der Waals surface area (Å²) in [7, 11) is 0. The molecular weight excluding hydrogens is 290 g/mol. The smallest absolute Gasteiger partial charge is 0.408 e. The number of carboxylic acid groups (broad SMARTS) is 1. The van der Waals surface area contributed by atoms with E-state index >= 15 is 0 Å². The lowest BCUT2D eigenvalue weighted by atomic mass is 10.1. The number of rotatable bonds is 4. The molecule has 19 heavy (non-hydrogen) atoms. The summed E-state index contributed by atoms with van der Waals surface area (Å²) in [5.41, 5.74) is -0.634. The average Bonchev–Trinajstić information content (AvgIpc) is 2.60. The second-order valence-corrected chi connectivity index (χ2v) is 6.69. The lowest BCUT2D eigenvalue weighted by Gasteiger charge is -2.22. The molecule has 0 saturated heterocycles. The summed E-state index contributed by atoms with van der Waals surface area (Å²) in [6, 6.07) is 2.70. The number of carbonyl (C=O) groups is 2. The van der Waals surface area contributed by atoms with Gasteiger partial charge in [-0.25, -0.2) is 4.79 Å². The van der Waals surface area contributed by atoms with Crippen molar-refractivity contribution in [3.05, 3.63) is 21.3 Å². The number of carboxylic acids is 1. The number of amides is 1. The van der Waals surface area contributed by atoms with E-state index in [1.165, 1.54) is 11.3 Å². The maximum atomic E-state index is 11.7. The van der Waals surface area contributed by atoms with Gasteiger partial charge in [0, 0.05) is 4.88 Å². The Hall–Kier alpha value is -1.27. The molecule has 0 aromatic carbocycles. The molecule has 1 atom stereocenters. The zero-order valence-corrected chi connectivity index (χ0v) is 12.5. The Kier molecular flexibility index (Phi) is 5.20. The topological polar surface area (TPSA) is 75.6 Å². The van der Waals surface area contributed by atoms with Gasteiger partial charge in [0.05, 0.1) is 16.8 Å². The van der Waals surface area contributed by atoms with Crippen LogP contribution in [0.4, 0.5) is 4.79 Å². The molecule has 0 radical (unpaired) electrons. The first-order chi connectivity index (χ1) is 8.67. The van der Waals surface area contributed by atoms with Crippen molar-refractivity contribution in [1.82, 2.24) is 5.32 Å². The predicted molar refractivity (Wildman–Crippen MR) is 73.7 cm³/mol. The van der Waals surface area contributed by atoms with E-state index in [-0.39, 0.29) is 6.42 Å². The quantitative estimate of drug-likeness (QED) is 0.893. The van der Waals surface area contributed by atoms with Crippen LogP contribution in [-0.4, -0.2) is 22.8 Å². The molecule has 106 valence electrons. The van der Waals surface area contributed by atoms with Crippen LogP contribution in [0, 0.1) is 0 Å². The van der Waals surface area contributed by atoms with Crippen LogP contribution in [0.25, 0.3) is 0 Å². The first-order valence-electron chi connectivity index (χ1n) is 5.64. The normalized spacial score (nSPS) is 12.8. The Morgan fingerprint density at radius 3 is 2.53 bits per heavy atom. The van der Waals surface area contributed by atoms with Crippen molar-refractivity contribution >= 4 is 35.0 Å². The van der Waals surface area contributed by atoms with E-state index in [1.54, 1.807) is 32.9 Å². The van der Waals surface area contributed by atoms with Gasteiger partial charge in [-0.3, -0.25) is 4.79 Å². The molecule has 1 amide bonds. The second kappa shape index (κ2) is 6.25. The van der Waals surface area contributed by atoms with E-state index in [0.717, 1.165) is 0 Å². The highest BCUT2D eigenvalue weighted by molar-refractivity contribution is 7.16. The zero-order valence-electron chi connectivity index (χ0n) is 10.9. The van der Waals surface area contributed by atoms with Crippen LogP contribution in [0.15, 0.2) is 12.1 Å². The van der Waals surface area contributed by atoms with Gasteiger partial charge in [-0.1, -0.05) is 11.6 Å². The molecule has 7 heteroatoms. The Morgan fingerprint density at radius 1 is 1.47 bits per heavy atom. The minimum atomic E-state index is -1.01. The van der Waals surface area contributed by atoms with Crippen LogP contribution in [-0.2, 0) is 9.53 Å². The van der Waals surface area contributed by atoms with Crippen LogP contribution in [0.5, 0.6) is 0 Å². The highest BCUT2D eigenvalue weighted by atomic mass is 35.5. The number of hydrogen-bond acceptors (Lipinski definition) is 4. The van der Waals surface area contributed by atoms with E-state index in [9.17, 15) is 9.59 Å². The molecule has 1 rings (SSSR count). The minimum absolute atomic E-state index is 0.226. The fraction of sp³-hybridized carbons (Fsp3) is 0.500. The molecule has 0 saturated carbocycles. The van der Waals surface area contributed by atoms with Gasteiger partial charge in [0.15, 0.2) is 0 Å². The van der Waals surface area contributed by atoms with Crippen LogP contribution < -0.4 is 5.32 Å². The lowest BCUT2D eigenvalue weighted by Crippen LogP contribution is -2.35. The summed E-state index contributed by atoms with van der Waals surface area (Å²) in [6.07, 6.45) is -0.876. The number of alkyl carbamates (subject to hydrolysis) is 1. The van der Waals surface area contributed by atoms with Crippen LogP contribution in [0.2, 0.25) is 4.34 Å². The summed E-state index contributed by atoms with van der Waals surface area (Å²) in [4.78, 5) is 23.2. The third-order valence-electron chi connectivity index (χ3n) is 2.01. The van der Waals surface area contributed by atoms with Crippen molar-refractivity contribution in [2.75, 3.05) is 0 Å². The average molecular weight is 306 g/mol. The second-order valence-electron chi connectivity index (χ2n) is 4.94. The summed E-state index contributed by atoms with van der Waals surface area (Å²) in [5, 5.41) is 11.4. The van der Waals surface area contributed by atoms with Crippen molar-refractivity contribution in [3.63, 3.8) is 0 Å². The standard InChI is InChI=1S/C12H16ClNO4S/c1-12(2,3)18-11(17)14-7(6-10(15)16)8-4-5-9(13)19-8/h4-5,7H,6H2,1-3H3,(H,14,17)(H,15,16). The summed E-state index contributed by atoms with van der Waals surface area (Å²) in [5.74, 6) is -1.01. The molecule has 1 heterocycles. The van der Waals surface area contributed by atoms with Gasteiger partial charge in [-0.2, -0.15) is 0 Å².